The number of ketones is 1. The van der Waals surface area contributed by atoms with Gasteiger partial charge in [-0.1, -0.05) is 50.2 Å². The highest BCUT2D eigenvalue weighted by Crippen LogP contribution is 2.24. The van der Waals surface area contributed by atoms with E-state index < -0.39 is 0 Å². The van der Waals surface area contributed by atoms with Crippen molar-refractivity contribution in [3.05, 3.63) is 76.3 Å². The average molecular weight is 346 g/mol. The number of aromatic nitrogens is 2. The number of hydrogen-bond acceptors (Lipinski definition) is 4. The lowest BCUT2D eigenvalue weighted by Crippen LogP contribution is -2.24. The van der Waals surface area contributed by atoms with Gasteiger partial charge in [0.25, 0.3) is 5.56 Å². The first-order chi connectivity index (χ1) is 12.5. The van der Waals surface area contributed by atoms with Gasteiger partial charge in [0, 0.05) is 10.9 Å². The molecule has 4 aromatic rings. The van der Waals surface area contributed by atoms with Gasteiger partial charge < -0.3 is 4.42 Å². The summed E-state index contributed by atoms with van der Waals surface area (Å²) in [5.74, 6) is 0.265. The number of Topliss-reactive ketones (excluding diaryl/α,β-unsaturated/α-hetero) is 1. The van der Waals surface area contributed by atoms with E-state index in [4.69, 9.17) is 4.42 Å². The van der Waals surface area contributed by atoms with Crippen molar-refractivity contribution in [2.75, 3.05) is 0 Å². The molecule has 0 amide bonds. The van der Waals surface area contributed by atoms with E-state index >= 15 is 0 Å². The van der Waals surface area contributed by atoms with Gasteiger partial charge in [0.15, 0.2) is 5.78 Å². The van der Waals surface area contributed by atoms with E-state index in [9.17, 15) is 9.59 Å². The summed E-state index contributed by atoms with van der Waals surface area (Å²) >= 11 is 0. The first-order valence-electron chi connectivity index (χ1n) is 8.54. The lowest BCUT2D eigenvalue weighted by Gasteiger charge is -2.07. The van der Waals surface area contributed by atoms with Gasteiger partial charge in [0.1, 0.15) is 11.1 Å². The number of benzene rings is 2. The zero-order valence-corrected chi connectivity index (χ0v) is 14.6. The molecule has 0 atom stereocenters. The first kappa shape index (κ1) is 16.3. The third-order valence-corrected chi connectivity index (χ3v) is 4.56. The number of nitrogens with zero attached hydrogens (tertiary/aromatic N) is 2. The summed E-state index contributed by atoms with van der Waals surface area (Å²) in [5.41, 5.74) is 2.71. The number of hydrogen-bond donors (Lipinski definition) is 0. The van der Waals surface area contributed by atoms with Crippen LogP contribution < -0.4 is 5.56 Å². The Morgan fingerprint density at radius 2 is 1.85 bits per heavy atom. The molecule has 130 valence electrons. The molecule has 4 rings (SSSR count). The summed E-state index contributed by atoms with van der Waals surface area (Å²) in [7, 11) is 0. The van der Waals surface area contributed by atoms with E-state index in [-0.39, 0.29) is 23.5 Å². The standard InChI is InChI=1S/C21H18N2O3/c1-13(2)14-7-9-15(10-8-14)17(24)11-23-12-22-19-16-5-3-4-6-18(16)26-20(19)21(23)25/h3-10,12-13H,11H2,1-2H3. The molecule has 0 saturated heterocycles. The molecule has 0 unspecified atom stereocenters. The van der Waals surface area contributed by atoms with Gasteiger partial charge in [-0.2, -0.15) is 0 Å². The smallest absolute Gasteiger partial charge is 0.297 e. The molecule has 0 aliphatic carbocycles. The fourth-order valence-corrected chi connectivity index (χ4v) is 3.03. The molecule has 26 heavy (non-hydrogen) atoms. The van der Waals surface area contributed by atoms with Crippen molar-refractivity contribution < 1.29 is 9.21 Å². The van der Waals surface area contributed by atoms with E-state index in [1.165, 1.54) is 16.5 Å². The van der Waals surface area contributed by atoms with Crippen molar-refractivity contribution in [2.45, 2.75) is 26.3 Å². The molecule has 2 aromatic carbocycles. The minimum absolute atomic E-state index is 0.0696. The molecule has 0 spiro atoms. The maximum absolute atomic E-state index is 12.7. The maximum Gasteiger partial charge on any atom is 0.297 e. The molecular formula is C21H18N2O3. The zero-order chi connectivity index (χ0) is 18.3. The van der Waals surface area contributed by atoms with Gasteiger partial charge in [0.2, 0.25) is 5.58 Å². The van der Waals surface area contributed by atoms with Crippen molar-refractivity contribution in [1.29, 1.82) is 0 Å². The number of furan rings is 1. The summed E-state index contributed by atoms with van der Waals surface area (Å²) in [6, 6.07) is 14.9. The van der Waals surface area contributed by atoms with E-state index in [0.29, 0.717) is 22.6 Å². The molecule has 5 nitrogen and oxygen atoms in total. The van der Waals surface area contributed by atoms with E-state index in [1.807, 2.05) is 30.3 Å². The van der Waals surface area contributed by atoms with Crippen molar-refractivity contribution >= 4 is 27.9 Å². The molecule has 0 aliphatic rings. The van der Waals surface area contributed by atoms with Crippen LogP contribution in [-0.2, 0) is 6.54 Å². The second-order valence-corrected chi connectivity index (χ2v) is 6.65. The topological polar surface area (TPSA) is 65.1 Å². The SMILES string of the molecule is CC(C)c1ccc(C(=O)Cn2cnc3c(oc4ccccc43)c2=O)cc1. The van der Waals surface area contributed by atoms with Crippen LogP contribution in [-0.4, -0.2) is 15.3 Å². The third kappa shape index (κ3) is 2.71. The van der Waals surface area contributed by atoms with Gasteiger partial charge in [-0.3, -0.25) is 14.2 Å². The minimum atomic E-state index is -0.349. The Hall–Kier alpha value is -3.21. The van der Waals surface area contributed by atoms with Gasteiger partial charge in [0.05, 0.1) is 12.9 Å². The van der Waals surface area contributed by atoms with Crippen LogP contribution in [0.2, 0.25) is 0 Å². The second-order valence-electron chi connectivity index (χ2n) is 6.65. The summed E-state index contributed by atoms with van der Waals surface area (Å²) in [6.07, 6.45) is 1.41. The van der Waals surface area contributed by atoms with Crippen molar-refractivity contribution in [2.24, 2.45) is 0 Å². The van der Waals surface area contributed by atoms with Crippen molar-refractivity contribution in [3.8, 4) is 0 Å². The molecule has 0 fully saturated rings. The predicted molar refractivity (Wildman–Crippen MR) is 101 cm³/mol. The highest BCUT2D eigenvalue weighted by molar-refractivity contribution is 6.02. The Kier molecular flexibility index (Phi) is 3.92. The Morgan fingerprint density at radius 3 is 2.58 bits per heavy atom. The summed E-state index contributed by atoms with van der Waals surface area (Å²) in [6.45, 7) is 4.13. The molecule has 0 radical (unpaired) electrons. The monoisotopic (exact) mass is 346 g/mol. The first-order valence-corrected chi connectivity index (χ1v) is 8.54. The van der Waals surface area contributed by atoms with Crippen LogP contribution in [0.4, 0.5) is 0 Å². The number of fused-ring (bicyclic) bond motifs is 3. The zero-order valence-electron chi connectivity index (χ0n) is 14.6. The van der Waals surface area contributed by atoms with Crippen LogP contribution in [0.3, 0.4) is 0 Å². The number of carbonyl (C=O) groups is 1. The molecule has 2 heterocycles. The summed E-state index contributed by atoms with van der Waals surface area (Å²) < 4.78 is 6.94. The highest BCUT2D eigenvalue weighted by Gasteiger charge is 2.15. The second kappa shape index (κ2) is 6.26. The third-order valence-electron chi connectivity index (χ3n) is 4.56. The van der Waals surface area contributed by atoms with Gasteiger partial charge in [-0.15, -0.1) is 0 Å². The van der Waals surface area contributed by atoms with Gasteiger partial charge in [-0.25, -0.2) is 4.98 Å². The lowest BCUT2D eigenvalue weighted by atomic mass is 10.0. The van der Waals surface area contributed by atoms with E-state index in [2.05, 4.69) is 18.8 Å². The molecule has 0 N–H and O–H groups in total. The van der Waals surface area contributed by atoms with Crippen LogP contribution in [0.1, 0.15) is 35.7 Å². The molecule has 0 bridgehead atoms. The number of para-hydroxylation sites is 1. The van der Waals surface area contributed by atoms with Gasteiger partial charge >= 0.3 is 0 Å². The Morgan fingerprint density at radius 1 is 1.12 bits per heavy atom. The van der Waals surface area contributed by atoms with Crippen molar-refractivity contribution in [1.82, 2.24) is 9.55 Å². The van der Waals surface area contributed by atoms with Gasteiger partial charge in [-0.05, 0) is 23.6 Å². The molecule has 0 saturated carbocycles. The Labute approximate surface area is 149 Å². The van der Waals surface area contributed by atoms with Crippen LogP contribution in [0.15, 0.2) is 64.1 Å². The number of carbonyl (C=O) groups excluding carboxylic acids is 1. The summed E-state index contributed by atoms with van der Waals surface area (Å²) in [5, 5.41) is 0.794. The molecular weight excluding hydrogens is 328 g/mol. The number of rotatable bonds is 4. The van der Waals surface area contributed by atoms with Crippen LogP contribution in [0.25, 0.3) is 22.1 Å². The quantitative estimate of drug-likeness (QED) is 0.521. The van der Waals surface area contributed by atoms with Crippen LogP contribution in [0.5, 0.6) is 0 Å². The predicted octanol–water partition coefficient (Wildman–Crippen LogP) is 4.15. The van der Waals surface area contributed by atoms with E-state index in [1.54, 1.807) is 18.2 Å². The maximum atomic E-state index is 12.7. The molecule has 5 heteroatoms. The van der Waals surface area contributed by atoms with Crippen molar-refractivity contribution in [3.63, 3.8) is 0 Å². The Bertz CT molecular complexity index is 1170. The summed E-state index contributed by atoms with van der Waals surface area (Å²) in [4.78, 5) is 29.6. The highest BCUT2D eigenvalue weighted by atomic mass is 16.3. The largest absolute Gasteiger partial charge is 0.448 e. The van der Waals surface area contributed by atoms with E-state index in [0.717, 1.165) is 5.39 Å². The molecule has 2 aromatic heterocycles. The fraction of sp³-hybridized carbons (Fsp3) is 0.190. The van der Waals surface area contributed by atoms with Crippen LogP contribution >= 0.6 is 0 Å². The normalized spacial score (nSPS) is 11.5. The van der Waals surface area contributed by atoms with Crippen LogP contribution in [0, 0.1) is 0 Å². The lowest BCUT2D eigenvalue weighted by molar-refractivity contribution is 0.0970. The average Bonchev–Trinajstić information content (AvgIpc) is 3.03. The Balaban J connectivity index is 1.68. The minimum Gasteiger partial charge on any atom is -0.448 e. The molecule has 0 aliphatic heterocycles. The fourth-order valence-electron chi connectivity index (χ4n) is 3.03.